The van der Waals surface area contributed by atoms with Gasteiger partial charge < -0.3 is 4.74 Å². The van der Waals surface area contributed by atoms with Crippen LogP contribution in [0.5, 0.6) is 5.75 Å². The Morgan fingerprint density at radius 2 is 1.62 bits per heavy atom. The molecule has 0 spiro atoms. The van der Waals surface area contributed by atoms with Crippen LogP contribution in [-0.2, 0) is 0 Å². The van der Waals surface area contributed by atoms with Gasteiger partial charge in [-0.15, -0.1) is 0 Å². The standard InChI is InChI=1S/C20H24O/c1-3-5-14-18(11-4-2)21-20-16-10-9-15-19(20)17-12-7-6-8-13-17/h6-10,12-16H,3-5,11H2,1-2H3/b18-14-. The van der Waals surface area contributed by atoms with Crippen LogP contribution in [0.1, 0.15) is 39.5 Å². The van der Waals surface area contributed by atoms with E-state index in [9.17, 15) is 0 Å². The van der Waals surface area contributed by atoms with Crippen molar-refractivity contribution >= 4 is 0 Å². The Morgan fingerprint density at radius 1 is 0.905 bits per heavy atom. The van der Waals surface area contributed by atoms with Gasteiger partial charge in [0.15, 0.2) is 0 Å². The summed E-state index contributed by atoms with van der Waals surface area (Å²) in [6.07, 6.45) is 6.54. The lowest BCUT2D eigenvalue weighted by Crippen LogP contribution is -1.97. The fraction of sp³-hybridized carbons (Fsp3) is 0.300. The minimum absolute atomic E-state index is 0.944. The molecular formula is C20H24O. The predicted molar refractivity (Wildman–Crippen MR) is 90.4 cm³/mol. The summed E-state index contributed by atoms with van der Waals surface area (Å²) in [5, 5.41) is 0. The Hall–Kier alpha value is -2.02. The molecule has 0 saturated carbocycles. The molecule has 0 unspecified atom stereocenters. The fourth-order valence-electron chi connectivity index (χ4n) is 2.30. The molecule has 0 aromatic heterocycles. The van der Waals surface area contributed by atoms with E-state index in [0.717, 1.165) is 42.8 Å². The van der Waals surface area contributed by atoms with Crippen molar-refractivity contribution in [2.75, 3.05) is 0 Å². The topological polar surface area (TPSA) is 9.23 Å². The van der Waals surface area contributed by atoms with Gasteiger partial charge in [-0.25, -0.2) is 0 Å². The number of ether oxygens (including phenoxy) is 1. The van der Waals surface area contributed by atoms with Crippen LogP contribution in [0.25, 0.3) is 11.1 Å². The third-order valence-corrected chi connectivity index (χ3v) is 3.37. The van der Waals surface area contributed by atoms with Crippen LogP contribution >= 0.6 is 0 Å². The summed E-state index contributed by atoms with van der Waals surface area (Å²) in [7, 11) is 0. The molecule has 0 saturated heterocycles. The van der Waals surface area contributed by atoms with Crippen molar-refractivity contribution in [3.8, 4) is 16.9 Å². The largest absolute Gasteiger partial charge is 0.461 e. The maximum atomic E-state index is 6.20. The molecular weight excluding hydrogens is 256 g/mol. The summed E-state index contributed by atoms with van der Waals surface area (Å²) in [5.74, 6) is 2.03. The van der Waals surface area contributed by atoms with Gasteiger partial charge in [-0.1, -0.05) is 68.8 Å². The maximum absolute atomic E-state index is 6.20. The summed E-state index contributed by atoms with van der Waals surface area (Å²) in [6.45, 7) is 4.38. The molecule has 0 radical (unpaired) electrons. The number of hydrogen-bond acceptors (Lipinski definition) is 1. The number of unbranched alkanes of at least 4 members (excludes halogenated alkanes) is 1. The van der Waals surface area contributed by atoms with Gasteiger partial charge in [-0.05, 0) is 30.5 Å². The quantitative estimate of drug-likeness (QED) is 0.547. The molecule has 0 heterocycles. The van der Waals surface area contributed by atoms with E-state index in [-0.39, 0.29) is 0 Å². The molecule has 21 heavy (non-hydrogen) atoms. The zero-order valence-electron chi connectivity index (χ0n) is 13.0. The Morgan fingerprint density at radius 3 is 2.33 bits per heavy atom. The first-order chi connectivity index (χ1) is 10.3. The Bertz CT molecular complexity index is 569. The second kappa shape index (κ2) is 8.31. The molecule has 2 aromatic carbocycles. The van der Waals surface area contributed by atoms with E-state index in [4.69, 9.17) is 4.74 Å². The molecule has 2 rings (SSSR count). The highest BCUT2D eigenvalue weighted by Gasteiger charge is 2.07. The number of hydrogen-bond donors (Lipinski definition) is 0. The van der Waals surface area contributed by atoms with Gasteiger partial charge in [0.05, 0.1) is 0 Å². The van der Waals surface area contributed by atoms with Gasteiger partial charge in [0.25, 0.3) is 0 Å². The van der Waals surface area contributed by atoms with Crippen molar-refractivity contribution in [3.05, 3.63) is 66.4 Å². The number of rotatable bonds is 7. The first kappa shape index (κ1) is 15.4. The molecule has 2 aromatic rings. The lowest BCUT2D eigenvalue weighted by Gasteiger charge is -2.14. The average molecular weight is 280 g/mol. The third kappa shape index (κ3) is 4.49. The van der Waals surface area contributed by atoms with Crippen LogP contribution in [0.2, 0.25) is 0 Å². The van der Waals surface area contributed by atoms with E-state index in [1.807, 2.05) is 12.1 Å². The Balaban J connectivity index is 2.27. The second-order valence-electron chi connectivity index (χ2n) is 5.17. The zero-order chi connectivity index (χ0) is 14.9. The first-order valence-electron chi connectivity index (χ1n) is 7.86. The summed E-state index contributed by atoms with van der Waals surface area (Å²) < 4.78 is 6.20. The SMILES string of the molecule is CCC/C=C(/CCC)Oc1ccccc1-c1ccccc1. The van der Waals surface area contributed by atoms with Crippen LogP contribution in [0.3, 0.4) is 0 Å². The molecule has 0 bridgehead atoms. The van der Waals surface area contributed by atoms with Gasteiger partial charge in [-0.2, -0.15) is 0 Å². The van der Waals surface area contributed by atoms with Crippen molar-refractivity contribution in [2.45, 2.75) is 39.5 Å². The van der Waals surface area contributed by atoms with Crippen LogP contribution in [0, 0.1) is 0 Å². The molecule has 110 valence electrons. The van der Waals surface area contributed by atoms with Crippen molar-refractivity contribution < 1.29 is 4.74 Å². The lowest BCUT2D eigenvalue weighted by molar-refractivity contribution is 0.400. The first-order valence-corrected chi connectivity index (χ1v) is 7.86. The third-order valence-electron chi connectivity index (χ3n) is 3.37. The van der Waals surface area contributed by atoms with Gasteiger partial charge in [0.2, 0.25) is 0 Å². The average Bonchev–Trinajstić information content (AvgIpc) is 2.54. The van der Waals surface area contributed by atoms with Crippen molar-refractivity contribution in [2.24, 2.45) is 0 Å². The van der Waals surface area contributed by atoms with Crippen molar-refractivity contribution in [1.82, 2.24) is 0 Å². The van der Waals surface area contributed by atoms with Crippen molar-refractivity contribution in [3.63, 3.8) is 0 Å². The monoisotopic (exact) mass is 280 g/mol. The van der Waals surface area contributed by atoms with Gasteiger partial charge >= 0.3 is 0 Å². The summed E-state index contributed by atoms with van der Waals surface area (Å²) in [4.78, 5) is 0. The summed E-state index contributed by atoms with van der Waals surface area (Å²) in [6, 6.07) is 18.7. The molecule has 0 N–H and O–H groups in total. The van der Waals surface area contributed by atoms with Crippen LogP contribution in [-0.4, -0.2) is 0 Å². The number of allylic oxidation sites excluding steroid dienone is 2. The smallest absolute Gasteiger partial charge is 0.134 e. The van der Waals surface area contributed by atoms with E-state index in [1.54, 1.807) is 0 Å². The van der Waals surface area contributed by atoms with Crippen LogP contribution in [0.15, 0.2) is 66.4 Å². The van der Waals surface area contributed by atoms with Gasteiger partial charge in [0.1, 0.15) is 11.5 Å². The highest BCUT2D eigenvalue weighted by Crippen LogP contribution is 2.31. The molecule has 1 heteroatoms. The van der Waals surface area contributed by atoms with E-state index in [0.29, 0.717) is 0 Å². The van der Waals surface area contributed by atoms with Gasteiger partial charge in [0, 0.05) is 12.0 Å². The molecule has 0 aliphatic rings. The van der Waals surface area contributed by atoms with E-state index >= 15 is 0 Å². The summed E-state index contributed by atoms with van der Waals surface area (Å²) in [5.41, 5.74) is 2.34. The van der Waals surface area contributed by atoms with Crippen LogP contribution < -0.4 is 4.74 Å². The highest BCUT2D eigenvalue weighted by atomic mass is 16.5. The van der Waals surface area contributed by atoms with Crippen molar-refractivity contribution in [1.29, 1.82) is 0 Å². The minimum atomic E-state index is 0.944. The van der Waals surface area contributed by atoms with Crippen LogP contribution in [0.4, 0.5) is 0 Å². The highest BCUT2D eigenvalue weighted by molar-refractivity contribution is 5.70. The Kier molecular flexibility index (Phi) is 6.08. The number of para-hydroxylation sites is 1. The fourth-order valence-corrected chi connectivity index (χ4v) is 2.30. The second-order valence-corrected chi connectivity index (χ2v) is 5.17. The van der Waals surface area contributed by atoms with E-state index in [2.05, 4.69) is 62.4 Å². The minimum Gasteiger partial charge on any atom is -0.461 e. The Labute approximate surface area is 128 Å². The number of benzene rings is 2. The van der Waals surface area contributed by atoms with E-state index in [1.165, 1.54) is 5.56 Å². The summed E-state index contributed by atoms with van der Waals surface area (Å²) >= 11 is 0. The van der Waals surface area contributed by atoms with E-state index < -0.39 is 0 Å². The molecule has 1 nitrogen and oxygen atoms in total. The maximum Gasteiger partial charge on any atom is 0.134 e. The molecule has 0 aliphatic heterocycles. The molecule has 0 aliphatic carbocycles. The zero-order valence-corrected chi connectivity index (χ0v) is 13.0. The predicted octanol–water partition coefficient (Wildman–Crippen LogP) is 6.22. The molecule has 0 fully saturated rings. The van der Waals surface area contributed by atoms with Gasteiger partial charge in [-0.3, -0.25) is 0 Å². The normalized spacial score (nSPS) is 11.4. The lowest BCUT2D eigenvalue weighted by atomic mass is 10.0. The molecule has 0 amide bonds. The molecule has 0 atom stereocenters.